The molecule has 0 aromatic carbocycles. The van der Waals surface area contributed by atoms with E-state index in [1.54, 1.807) is 0 Å². The fourth-order valence-corrected chi connectivity index (χ4v) is 0.166. The van der Waals surface area contributed by atoms with Crippen LogP contribution in [-0.2, 0) is 0 Å². The summed E-state index contributed by atoms with van der Waals surface area (Å²) in [5, 5.41) is 0. The highest BCUT2D eigenvalue weighted by atomic mass is 19.3. The van der Waals surface area contributed by atoms with Crippen LogP contribution < -0.4 is 0 Å². The average Bonchev–Trinajstić information content (AvgIpc) is 1.62. The van der Waals surface area contributed by atoms with Crippen molar-refractivity contribution in [2.75, 3.05) is 0 Å². The molecule has 0 saturated heterocycles. The predicted molar refractivity (Wildman–Crippen MR) is 21.0 cm³/mol. The summed E-state index contributed by atoms with van der Waals surface area (Å²) in [5.74, 6) is -10.0. The maximum atomic E-state index is 11.5. The van der Waals surface area contributed by atoms with Gasteiger partial charge in [0.25, 0.3) is 0 Å². The van der Waals surface area contributed by atoms with Crippen LogP contribution in [0.3, 0.4) is 0 Å². The second kappa shape index (κ2) is 2.32. The third kappa shape index (κ3) is 1.54. The third-order valence-electron chi connectivity index (χ3n) is 0.789. The fraction of sp³-hybridized carbons (Fsp3) is 0.750. The molecule has 0 heterocycles. The standard InChI is InChI=1S/C4H3F6/c1-3(7,8)4(9,10)2(5)6/h1H3. The Labute approximate surface area is 52.8 Å². The van der Waals surface area contributed by atoms with Crippen LogP contribution in [-0.4, -0.2) is 11.8 Å². The van der Waals surface area contributed by atoms with Gasteiger partial charge in [-0.05, 0) is 0 Å². The lowest BCUT2D eigenvalue weighted by atomic mass is 10.2. The van der Waals surface area contributed by atoms with Crippen LogP contribution in [0.4, 0.5) is 26.3 Å². The van der Waals surface area contributed by atoms with Gasteiger partial charge in [-0.3, -0.25) is 0 Å². The molecule has 0 rings (SSSR count). The lowest BCUT2D eigenvalue weighted by Gasteiger charge is -2.20. The van der Waals surface area contributed by atoms with Crippen LogP contribution in [0.25, 0.3) is 0 Å². The highest BCUT2D eigenvalue weighted by molar-refractivity contribution is 4.92. The molecule has 0 saturated carbocycles. The van der Waals surface area contributed by atoms with E-state index in [2.05, 4.69) is 0 Å². The molecule has 6 heteroatoms. The largest absolute Gasteiger partial charge is 0.384 e. The molecule has 0 aliphatic heterocycles. The zero-order chi connectivity index (χ0) is 8.58. The Balaban J connectivity index is 4.40. The Kier molecular flexibility index (Phi) is 2.22. The molecule has 0 aliphatic rings. The topological polar surface area (TPSA) is 0 Å². The number of halogens is 6. The average molecular weight is 165 g/mol. The summed E-state index contributed by atoms with van der Waals surface area (Å²) in [6.07, 6.45) is -3.57. The molecule has 0 aromatic heterocycles. The molecule has 0 aliphatic carbocycles. The minimum absolute atomic E-state index is 0.272. The normalized spacial score (nSPS) is 14.4. The van der Waals surface area contributed by atoms with Crippen LogP contribution in [0.2, 0.25) is 0 Å². The molecule has 0 amide bonds. The summed E-state index contributed by atoms with van der Waals surface area (Å²) in [6.45, 7) is -0.272. The van der Waals surface area contributed by atoms with Gasteiger partial charge in [-0.1, -0.05) is 0 Å². The number of hydrogen-bond acceptors (Lipinski definition) is 0. The van der Waals surface area contributed by atoms with Gasteiger partial charge in [0.2, 0.25) is 0 Å². The lowest BCUT2D eigenvalue weighted by molar-refractivity contribution is -0.217. The van der Waals surface area contributed by atoms with Crippen molar-refractivity contribution in [3.05, 3.63) is 6.43 Å². The Morgan fingerprint density at radius 2 is 1.30 bits per heavy atom. The highest BCUT2D eigenvalue weighted by Gasteiger charge is 2.61. The number of hydrogen-bond donors (Lipinski definition) is 0. The first-order valence-electron chi connectivity index (χ1n) is 2.13. The molecular formula is C4H3F6. The molecule has 61 valence electrons. The van der Waals surface area contributed by atoms with E-state index in [4.69, 9.17) is 0 Å². The first kappa shape index (κ1) is 9.58. The number of rotatable bonds is 2. The second-order valence-corrected chi connectivity index (χ2v) is 1.72. The molecule has 0 spiro atoms. The van der Waals surface area contributed by atoms with Crippen molar-refractivity contribution < 1.29 is 26.3 Å². The lowest BCUT2D eigenvalue weighted by Crippen LogP contribution is -2.40. The van der Waals surface area contributed by atoms with E-state index in [9.17, 15) is 26.3 Å². The quantitative estimate of drug-likeness (QED) is 0.552. The third-order valence-corrected chi connectivity index (χ3v) is 0.789. The SMILES string of the molecule is CC(F)(F)C(F)(F)[C](F)F. The van der Waals surface area contributed by atoms with E-state index in [0.29, 0.717) is 0 Å². The zero-order valence-corrected chi connectivity index (χ0v) is 4.77. The van der Waals surface area contributed by atoms with Crippen molar-refractivity contribution in [1.82, 2.24) is 0 Å². The first-order chi connectivity index (χ1) is 4.19. The van der Waals surface area contributed by atoms with Gasteiger partial charge < -0.3 is 0 Å². The number of alkyl halides is 4. The predicted octanol–water partition coefficient (Wildman–Crippen LogP) is 2.71. The van der Waals surface area contributed by atoms with Gasteiger partial charge in [-0.2, -0.15) is 26.3 Å². The monoisotopic (exact) mass is 165 g/mol. The maximum absolute atomic E-state index is 11.5. The molecule has 0 nitrogen and oxygen atoms in total. The van der Waals surface area contributed by atoms with Gasteiger partial charge in [0.15, 0.2) is 0 Å². The maximum Gasteiger partial charge on any atom is 0.384 e. The summed E-state index contributed by atoms with van der Waals surface area (Å²) in [7, 11) is 0. The Hall–Kier alpha value is -0.420. The summed E-state index contributed by atoms with van der Waals surface area (Å²) < 4.78 is 68.0. The minimum Gasteiger partial charge on any atom is -0.200 e. The van der Waals surface area contributed by atoms with Gasteiger partial charge in [-0.15, -0.1) is 0 Å². The molecule has 0 unspecified atom stereocenters. The van der Waals surface area contributed by atoms with Crippen LogP contribution in [0.15, 0.2) is 0 Å². The van der Waals surface area contributed by atoms with Crippen LogP contribution >= 0.6 is 0 Å². The Morgan fingerprint density at radius 1 is 1.00 bits per heavy atom. The first-order valence-corrected chi connectivity index (χ1v) is 2.13. The summed E-state index contributed by atoms with van der Waals surface area (Å²) in [4.78, 5) is 0. The van der Waals surface area contributed by atoms with E-state index < -0.39 is 18.3 Å². The van der Waals surface area contributed by atoms with E-state index in [0.717, 1.165) is 0 Å². The Morgan fingerprint density at radius 3 is 1.30 bits per heavy atom. The van der Waals surface area contributed by atoms with E-state index in [-0.39, 0.29) is 6.92 Å². The van der Waals surface area contributed by atoms with Gasteiger partial charge >= 0.3 is 18.3 Å². The van der Waals surface area contributed by atoms with Crippen LogP contribution in [0, 0.1) is 6.43 Å². The summed E-state index contributed by atoms with van der Waals surface area (Å²) in [5.41, 5.74) is 0. The van der Waals surface area contributed by atoms with Crippen molar-refractivity contribution in [2.24, 2.45) is 0 Å². The van der Waals surface area contributed by atoms with Crippen molar-refractivity contribution in [3.63, 3.8) is 0 Å². The zero-order valence-electron chi connectivity index (χ0n) is 4.77. The van der Waals surface area contributed by atoms with Crippen molar-refractivity contribution in [2.45, 2.75) is 18.8 Å². The summed E-state index contributed by atoms with van der Waals surface area (Å²) in [6, 6.07) is 0. The molecular weight excluding hydrogens is 162 g/mol. The van der Waals surface area contributed by atoms with Gasteiger partial charge in [-0.25, -0.2) is 0 Å². The van der Waals surface area contributed by atoms with Crippen molar-refractivity contribution >= 4 is 0 Å². The second-order valence-electron chi connectivity index (χ2n) is 1.72. The van der Waals surface area contributed by atoms with E-state index in [1.165, 1.54) is 0 Å². The van der Waals surface area contributed by atoms with Crippen molar-refractivity contribution in [3.8, 4) is 0 Å². The molecule has 0 atom stereocenters. The molecule has 1 radical (unpaired) electrons. The highest BCUT2D eigenvalue weighted by Crippen LogP contribution is 2.42. The van der Waals surface area contributed by atoms with Crippen LogP contribution in [0.1, 0.15) is 6.92 Å². The molecule has 0 N–H and O–H groups in total. The fourth-order valence-electron chi connectivity index (χ4n) is 0.166. The summed E-state index contributed by atoms with van der Waals surface area (Å²) >= 11 is 0. The Bertz CT molecular complexity index is 111. The van der Waals surface area contributed by atoms with E-state index >= 15 is 0 Å². The van der Waals surface area contributed by atoms with Gasteiger partial charge in [0.05, 0.1) is 0 Å². The van der Waals surface area contributed by atoms with Gasteiger partial charge in [0, 0.05) is 6.92 Å². The molecule has 0 fully saturated rings. The molecule has 10 heavy (non-hydrogen) atoms. The molecule has 0 aromatic rings. The van der Waals surface area contributed by atoms with Crippen molar-refractivity contribution in [1.29, 1.82) is 0 Å². The smallest absolute Gasteiger partial charge is 0.200 e. The van der Waals surface area contributed by atoms with Crippen LogP contribution in [0.5, 0.6) is 0 Å². The van der Waals surface area contributed by atoms with Gasteiger partial charge in [0.1, 0.15) is 0 Å². The minimum atomic E-state index is -5.31. The molecule has 0 bridgehead atoms. The van der Waals surface area contributed by atoms with E-state index in [1.807, 2.05) is 0 Å².